The maximum atomic E-state index is 12.4. The van der Waals surface area contributed by atoms with Gasteiger partial charge in [0.15, 0.2) is 0 Å². The molecule has 0 N–H and O–H groups in total. The molecule has 2 aliphatic carbocycles. The van der Waals surface area contributed by atoms with E-state index in [1.165, 1.54) is 19.3 Å². The molecule has 0 aliphatic heterocycles. The molecule has 96 valence electrons. The lowest BCUT2D eigenvalue weighted by molar-refractivity contribution is -0.123. The van der Waals surface area contributed by atoms with Crippen molar-refractivity contribution < 1.29 is 9.53 Å². The lowest BCUT2D eigenvalue weighted by atomic mass is 9.83. The smallest absolute Gasteiger partial charge is 0.140 e. The van der Waals surface area contributed by atoms with Crippen LogP contribution in [-0.2, 0) is 11.2 Å². The topological polar surface area (TPSA) is 26.3 Å². The summed E-state index contributed by atoms with van der Waals surface area (Å²) in [7, 11) is 1.66. The van der Waals surface area contributed by atoms with Crippen LogP contribution >= 0.6 is 0 Å². The molecule has 0 spiro atoms. The van der Waals surface area contributed by atoms with Crippen LogP contribution in [-0.4, -0.2) is 12.9 Å². The summed E-state index contributed by atoms with van der Waals surface area (Å²) < 4.78 is 5.20. The number of fused-ring (bicyclic) bond motifs is 2. The zero-order valence-electron chi connectivity index (χ0n) is 10.9. The molecular weight excluding hydrogens is 224 g/mol. The summed E-state index contributed by atoms with van der Waals surface area (Å²) in [6, 6.07) is 7.88. The standard InChI is InChI=1S/C16H20O2/c1-18-14-4-2-3-11(8-14)10-16(17)15-9-12-5-6-13(15)7-12/h2-4,8,12-13,15H,5-7,9-10H2,1H3. The molecule has 2 heteroatoms. The van der Waals surface area contributed by atoms with Crippen molar-refractivity contribution in [3.63, 3.8) is 0 Å². The fourth-order valence-corrected chi connectivity index (χ4v) is 3.75. The first-order chi connectivity index (χ1) is 8.76. The predicted molar refractivity (Wildman–Crippen MR) is 70.6 cm³/mol. The van der Waals surface area contributed by atoms with E-state index in [1.54, 1.807) is 7.11 Å². The average molecular weight is 244 g/mol. The molecule has 0 amide bonds. The van der Waals surface area contributed by atoms with Crippen LogP contribution in [0.1, 0.15) is 31.2 Å². The monoisotopic (exact) mass is 244 g/mol. The van der Waals surface area contributed by atoms with E-state index in [0.29, 0.717) is 24.0 Å². The molecule has 0 saturated heterocycles. The summed E-state index contributed by atoms with van der Waals surface area (Å²) in [5, 5.41) is 0. The minimum absolute atomic E-state index is 0.343. The van der Waals surface area contributed by atoms with Gasteiger partial charge in [0, 0.05) is 12.3 Å². The first kappa shape index (κ1) is 11.8. The summed E-state index contributed by atoms with van der Waals surface area (Å²) in [6.45, 7) is 0. The number of carbonyl (C=O) groups excluding carboxylic acids is 1. The van der Waals surface area contributed by atoms with Crippen molar-refractivity contribution in [2.24, 2.45) is 17.8 Å². The van der Waals surface area contributed by atoms with E-state index in [4.69, 9.17) is 4.74 Å². The molecule has 2 nitrogen and oxygen atoms in total. The van der Waals surface area contributed by atoms with Gasteiger partial charge in [-0.1, -0.05) is 18.6 Å². The van der Waals surface area contributed by atoms with Crippen molar-refractivity contribution in [2.45, 2.75) is 32.1 Å². The number of hydrogen-bond donors (Lipinski definition) is 0. The predicted octanol–water partition coefficient (Wildman–Crippen LogP) is 3.24. The van der Waals surface area contributed by atoms with Crippen LogP contribution in [0, 0.1) is 17.8 Å². The highest BCUT2D eigenvalue weighted by molar-refractivity contribution is 5.84. The van der Waals surface area contributed by atoms with E-state index < -0.39 is 0 Å². The molecule has 3 unspecified atom stereocenters. The summed E-state index contributed by atoms with van der Waals surface area (Å²) in [5.41, 5.74) is 1.09. The molecule has 0 aromatic heterocycles. The number of ether oxygens (including phenoxy) is 1. The summed E-state index contributed by atoms with van der Waals surface area (Å²) in [6.07, 6.45) is 5.65. The van der Waals surface area contributed by atoms with E-state index >= 15 is 0 Å². The van der Waals surface area contributed by atoms with Gasteiger partial charge in [0.1, 0.15) is 11.5 Å². The van der Waals surface area contributed by atoms with Gasteiger partial charge < -0.3 is 4.74 Å². The second kappa shape index (κ2) is 4.75. The van der Waals surface area contributed by atoms with Crippen LogP contribution in [0.5, 0.6) is 5.75 Å². The van der Waals surface area contributed by atoms with Crippen molar-refractivity contribution in [1.82, 2.24) is 0 Å². The third kappa shape index (κ3) is 2.16. The second-order valence-electron chi connectivity index (χ2n) is 5.78. The van der Waals surface area contributed by atoms with Gasteiger partial charge in [-0.2, -0.15) is 0 Å². The number of hydrogen-bond acceptors (Lipinski definition) is 2. The Labute approximate surface area is 108 Å². The Morgan fingerprint density at radius 1 is 1.33 bits per heavy atom. The molecule has 3 rings (SSSR count). The van der Waals surface area contributed by atoms with E-state index in [9.17, 15) is 4.79 Å². The quantitative estimate of drug-likeness (QED) is 0.812. The van der Waals surface area contributed by atoms with Crippen molar-refractivity contribution in [1.29, 1.82) is 0 Å². The first-order valence-corrected chi connectivity index (χ1v) is 6.92. The highest BCUT2D eigenvalue weighted by atomic mass is 16.5. The van der Waals surface area contributed by atoms with Gasteiger partial charge in [0.2, 0.25) is 0 Å². The van der Waals surface area contributed by atoms with Gasteiger partial charge in [-0.05, 0) is 48.8 Å². The summed E-state index contributed by atoms with van der Waals surface area (Å²) >= 11 is 0. The molecule has 0 heterocycles. The van der Waals surface area contributed by atoms with E-state index in [1.807, 2.05) is 24.3 Å². The van der Waals surface area contributed by atoms with Crippen LogP contribution in [0.4, 0.5) is 0 Å². The van der Waals surface area contributed by atoms with Crippen molar-refractivity contribution >= 4 is 5.78 Å². The lowest BCUT2D eigenvalue weighted by Gasteiger charge is -2.20. The molecule has 3 atom stereocenters. The second-order valence-corrected chi connectivity index (χ2v) is 5.78. The zero-order chi connectivity index (χ0) is 12.5. The normalized spacial score (nSPS) is 29.5. The molecule has 2 bridgehead atoms. The van der Waals surface area contributed by atoms with Crippen molar-refractivity contribution in [2.75, 3.05) is 7.11 Å². The number of carbonyl (C=O) groups is 1. The SMILES string of the molecule is COc1cccc(CC(=O)C2CC3CCC2C3)c1. The summed E-state index contributed by atoms with van der Waals surface area (Å²) in [4.78, 5) is 12.4. The Morgan fingerprint density at radius 3 is 2.89 bits per heavy atom. The van der Waals surface area contributed by atoms with E-state index in [0.717, 1.165) is 23.7 Å². The first-order valence-electron chi connectivity index (χ1n) is 6.92. The van der Waals surface area contributed by atoms with Gasteiger partial charge >= 0.3 is 0 Å². The molecule has 2 saturated carbocycles. The number of methoxy groups -OCH3 is 1. The maximum Gasteiger partial charge on any atom is 0.140 e. The fraction of sp³-hybridized carbons (Fsp3) is 0.562. The molecule has 2 aliphatic rings. The molecule has 18 heavy (non-hydrogen) atoms. The van der Waals surface area contributed by atoms with Gasteiger partial charge in [-0.3, -0.25) is 4.79 Å². The molecule has 0 radical (unpaired) electrons. The van der Waals surface area contributed by atoms with Gasteiger partial charge in [0.25, 0.3) is 0 Å². The summed E-state index contributed by atoms with van der Waals surface area (Å²) in [5.74, 6) is 3.15. The van der Waals surface area contributed by atoms with Crippen LogP contribution in [0.25, 0.3) is 0 Å². The Kier molecular flexibility index (Phi) is 3.11. The number of Topliss-reactive ketones (excluding diaryl/α,β-unsaturated/α-hetero) is 1. The van der Waals surface area contributed by atoms with Crippen molar-refractivity contribution in [3.8, 4) is 5.75 Å². The highest BCUT2D eigenvalue weighted by Gasteiger charge is 2.42. The van der Waals surface area contributed by atoms with Crippen LogP contribution in [0.2, 0.25) is 0 Å². The van der Waals surface area contributed by atoms with Crippen LogP contribution < -0.4 is 4.74 Å². The van der Waals surface area contributed by atoms with Crippen LogP contribution in [0.15, 0.2) is 24.3 Å². The Balaban J connectivity index is 1.67. The van der Waals surface area contributed by atoms with Crippen LogP contribution in [0.3, 0.4) is 0 Å². The maximum absolute atomic E-state index is 12.4. The molecule has 1 aromatic carbocycles. The minimum Gasteiger partial charge on any atom is -0.497 e. The zero-order valence-corrected chi connectivity index (χ0v) is 10.9. The third-order valence-corrected chi connectivity index (χ3v) is 4.66. The fourth-order valence-electron chi connectivity index (χ4n) is 3.75. The van der Waals surface area contributed by atoms with Gasteiger partial charge in [-0.15, -0.1) is 0 Å². The largest absolute Gasteiger partial charge is 0.497 e. The van der Waals surface area contributed by atoms with Gasteiger partial charge in [0.05, 0.1) is 7.11 Å². The Hall–Kier alpha value is -1.31. The Bertz CT molecular complexity index is 452. The van der Waals surface area contributed by atoms with Crippen molar-refractivity contribution in [3.05, 3.63) is 29.8 Å². The Morgan fingerprint density at radius 2 is 2.22 bits per heavy atom. The lowest BCUT2D eigenvalue weighted by Crippen LogP contribution is -2.22. The molecule has 2 fully saturated rings. The number of ketones is 1. The number of rotatable bonds is 4. The van der Waals surface area contributed by atoms with Gasteiger partial charge in [-0.25, -0.2) is 0 Å². The third-order valence-electron chi connectivity index (χ3n) is 4.66. The minimum atomic E-state index is 0.343. The highest BCUT2D eigenvalue weighted by Crippen LogP contribution is 2.48. The molecular formula is C16H20O2. The van der Waals surface area contributed by atoms with E-state index in [2.05, 4.69) is 0 Å². The van der Waals surface area contributed by atoms with E-state index in [-0.39, 0.29) is 0 Å². The number of benzene rings is 1. The average Bonchev–Trinajstić information content (AvgIpc) is 3.01. The molecule has 1 aromatic rings.